The minimum absolute atomic E-state index is 0.842. The summed E-state index contributed by atoms with van der Waals surface area (Å²) in [5, 5.41) is 0. The van der Waals surface area contributed by atoms with Gasteiger partial charge in [-0.1, -0.05) is 30.3 Å². The SMILES string of the molecule is CN(C)c1ccccc1N1C=CN(c2ccccc2)C1. The summed E-state index contributed by atoms with van der Waals surface area (Å²) in [4.78, 5) is 6.66. The molecular formula is C17H19N3. The minimum Gasteiger partial charge on any atom is -0.376 e. The Bertz CT molecular complexity index is 605. The maximum atomic E-state index is 2.27. The monoisotopic (exact) mass is 265 g/mol. The van der Waals surface area contributed by atoms with Crippen molar-refractivity contribution < 1.29 is 0 Å². The number of rotatable bonds is 3. The third kappa shape index (κ3) is 2.35. The van der Waals surface area contributed by atoms with Crippen LogP contribution in [0, 0.1) is 0 Å². The van der Waals surface area contributed by atoms with Gasteiger partial charge in [0.1, 0.15) is 0 Å². The van der Waals surface area contributed by atoms with Crippen LogP contribution in [0.5, 0.6) is 0 Å². The fourth-order valence-corrected chi connectivity index (χ4v) is 2.45. The molecule has 2 aromatic rings. The Labute approximate surface area is 120 Å². The zero-order chi connectivity index (χ0) is 13.9. The molecule has 3 heteroatoms. The van der Waals surface area contributed by atoms with E-state index in [1.807, 2.05) is 6.07 Å². The molecule has 1 aliphatic rings. The molecular weight excluding hydrogens is 246 g/mol. The number of benzene rings is 2. The molecule has 2 aromatic carbocycles. The minimum atomic E-state index is 0.842. The van der Waals surface area contributed by atoms with E-state index in [-0.39, 0.29) is 0 Å². The maximum absolute atomic E-state index is 2.27. The molecule has 1 aliphatic heterocycles. The van der Waals surface area contributed by atoms with Crippen molar-refractivity contribution in [3.8, 4) is 0 Å². The summed E-state index contributed by atoms with van der Waals surface area (Å²) in [5.74, 6) is 0. The van der Waals surface area contributed by atoms with Crippen LogP contribution in [0.2, 0.25) is 0 Å². The number of hydrogen-bond acceptors (Lipinski definition) is 3. The van der Waals surface area contributed by atoms with Gasteiger partial charge in [-0.2, -0.15) is 0 Å². The van der Waals surface area contributed by atoms with Crippen molar-refractivity contribution in [1.29, 1.82) is 0 Å². The van der Waals surface area contributed by atoms with Crippen molar-refractivity contribution in [2.45, 2.75) is 0 Å². The van der Waals surface area contributed by atoms with Crippen molar-refractivity contribution in [3.05, 3.63) is 67.0 Å². The first-order valence-electron chi connectivity index (χ1n) is 6.79. The van der Waals surface area contributed by atoms with Crippen LogP contribution in [0.3, 0.4) is 0 Å². The van der Waals surface area contributed by atoms with Gasteiger partial charge >= 0.3 is 0 Å². The van der Waals surface area contributed by atoms with Gasteiger partial charge in [-0.15, -0.1) is 0 Å². The molecule has 102 valence electrons. The molecule has 0 unspecified atom stereocenters. The van der Waals surface area contributed by atoms with Crippen LogP contribution in [-0.2, 0) is 0 Å². The van der Waals surface area contributed by atoms with E-state index in [9.17, 15) is 0 Å². The van der Waals surface area contributed by atoms with Crippen LogP contribution in [-0.4, -0.2) is 20.8 Å². The van der Waals surface area contributed by atoms with Gasteiger partial charge < -0.3 is 14.7 Å². The van der Waals surface area contributed by atoms with Crippen LogP contribution in [0.15, 0.2) is 67.0 Å². The summed E-state index contributed by atoms with van der Waals surface area (Å²) >= 11 is 0. The molecule has 0 N–H and O–H groups in total. The molecule has 0 bridgehead atoms. The second kappa shape index (κ2) is 5.29. The Kier molecular flexibility index (Phi) is 3.33. The summed E-state index contributed by atoms with van der Waals surface area (Å²) in [6, 6.07) is 18.9. The van der Waals surface area contributed by atoms with Gasteiger partial charge in [0, 0.05) is 32.2 Å². The quantitative estimate of drug-likeness (QED) is 0.841. The molecule has 3 rings (SSSR count). The second-order valence-electron chi connectivity index (χ2n) is 5.10. The molecule has 0 amide bonds. The summed E-state index contributed by atoms with van der Waals surface area (Å²) in [5.41, 5.74) is 3.67. The van der Waals surface area contributed by atoms with Crippen LogP contribution < -0.4 is 14.7 Å². The second-order valence-corrected chi connectivity index (χ2v) is 5.10. The average Bonchev–Trinajstić information content (AvgIpc) is 2.98. The number of nitrogens with zero attached hydrogens (tertiary/aromatic N) is 3. The molecule has 1 heterocycles. The molecule has 20 heavy (non-hydrogen) atoms. The lowest BCUT2D eigenvalue weighted by Gasteiger charge is -2.25. The fraction of sp³-hybridized carbons (Fsp3) is 0.176. The molecule has 0 atom stereocenters. The third-order valence-electron chi connectivity index (χ3n) is 3.49. The van der Waals surface area contributed by atoms with Crippen molar-refractivity contribution in [1.82, 2.24) is 0 Å². The third-order valence-corrected chi connectivity index (χ3v) is 3.49. The fourth-order valence-electron chi connectivity index (χ4n) is 2.45. The predicted molar refractivity (Wildman–Crippen MR) is 86.2 cm³/mol. The standard InChI is InChI=1S/C17H19N3/c1-18(2)16-10-6-7-11-17(16)20-13-12-19(14-20)15-8-4-3-5-9-15/h3-13H,14H2,1-2H3. The number of anilines is 3. The van der Waals surface area contributed by atoms with Gasteiger partial charge in [0.25, 0.3) is 0 Å². The van der Waals surface area contributed by atoms with Gasteiger partial charge in [-0.3, -0.25) is 0 Å². The van der Waals surface area contributed by atoms with E-state index in [1.54, 1.807) is 0 Å². The van der Waals surface area contributed by atoms with Gasteiger partial charge in [0.05, 0.1) is 18.0 Å². The normalized spacial score (nSPS) is 13.9. The Morgan fingerprint density at radius 1 is 0.800 bits per heavy atom. The van der Waals surface area contributed by atoms with E-state index in [2.05, 4.69) is 89.7 Å². The molecule has 0 radical (unpaired) electrons. The van der Waals surface area contributed by atoms with Gasteiger partial charge in [0.2, 0.25) is 0 Å². The predicted octanol–water partition coefficient (Wildman–Crippen LogP) is 3.51. The zero-order valence-corrected chi connectivity index (χ0v) is 11.9. The van der Waals surface area contributed by atoms with Crippen molar-refractivity contribution in [2.75, 3.05) is 35.5 Å². The van der Waals surface area contributed by atoms with E-state index in [4.69, 9.17) is 0 Å². The van der Waals surface area contributed by atoms with Crippen molar-refractivity contribution >= 4 is 17.1 Å². The highest BCUT2D eigenvalue weighted by molar-refractivity contribution is 5.73. The molecule has 3 nitrogen and oxygen atoms in total. The highest BCUT2D eigenvalue weighted by Crippen LogP contribution is 2.31. The molecule has 0 aromatic heterocycles. The van der Waals surface area contributed by atoms with Crippen LogP contribution in [0.1, 0.15) is 0 Å². The van der Waals surface area contributed by atoms with Crippen molar-refractivity contribution in [2.24, 2.45) is 0 Å². The van der Waals surface area contributed by atoms with Gasteiger partial charge in [-0.25, -0.2) is 0 Å². The Hall–Kier alpha value is -2.42. The highest BCUT2D eigenvalue weighted by Gasteiger charge is 2.17. The number of hydrogen-bond donors (Lipinski definition) is 0. The van der Waals surface area contributed by atoms with Crippen LogP contribution in [0.25, 0.3) is 0 Å². The average molecular weight is 265 g/mol. The van der Waals surface area contributed by atoms with Crippen LogP contribution >= 0.6 is 0 Å². The summed E-state index contributed by atoms with van der Waals surface area (Å²) in [6.45, 7) is 0.842. The van der Waals surface area contributed by atoms with E-state index in [0.717, 1.165) is 6.67 Å². The maximum Gasteiger partial charge on any atom is 0.0990 e. The summed E-state index contributed by atoms with van der Waals surface area (Å²) < 4.78 is 0. The zero-order valence-electron chi connectivity index (χ0n) is 11.9. The largest absolute Gasteiger partial charge is 0.376 e. The summed E-state index contributed by atoms with van der Waals surface area (Å²) in [6.07, 6.45) is 4.26. The van der Waals surface area contributed by atoms with Gasteiger partial charge in [-0.05, 0) is 24.3 Å². The molecule has 0 saturated heterocycles. The Morgan fingerprint density at radius 3 is 2.20 bits per heavy atom. The van der Waals surface area contributed by atoms with E-state index in [1.165, 1.54) is 17.1 Å². The summed E-state index contributed by atoms with van der Waals surface area (Å²) in [7, 11) is 4.15. The lowest BCUT2D eigenvalue weighted by molar-refractivity contribution is 0.968. The van der Waals surface area contributed by atoms with Gasteiger partial charge in [0.15, 0.2) is 0 Å². The highest BCUT2D eigenvalue weighted by atomic mass is 15.3. The molecule has 0 aliphatic carbocycles. The lowest BCUT2D eigenvalue weighted by atomic mass is 10.2. The first-order valence-corrected chi connectivity index (χ1v) is 6.79. The molecule has 0 fully saturated rings. The Balaban J connectivity index is 1.84. The van der Waals surface area contributed by atoms with Crippen molar-refractivity contribution in [3.63, 3.8) is 0 Å². The lowest BCUT2D eigenvalue weighted by Crippen LogP contribution is -2.26. The first kappa shape index (κ1) is 12.6. The molecule has 0 saturated carbocycles. The molecule has 0 spiro atoms. The topological polar surface area (TPSA) is 9.72 Å². The first-order chi connectivity index (χ1) is 9.75. The van der Waals surface area contributed by atoms with Crippen LogP contribution in [0.4, 0.5) is 17.1 Å². The van der Waals surface area contributed by atoms with E-state index in [0.29, 0.717) is 0 Å². The Morgan fingerprint density at radius 2 is 1.45 bits per heavy atom. The number of para-hydroxylation sites is 3. The van der Waals surface area contributed by atoms with E-state index < -0.39 is 0 Å². The van der Waals surface area contributed by atoms with E-state index >= 15 is 0 Å². The smallest absolute Gasteiger partial charge is 0.0990 e.